The molecule has 0 amide bonds. The maximum atomic E-state index is 2.40. The van der Waals surface area contributed by atoms with E-state index in [1.807, 2.05) is 0 Å². The molecule has 1 aliphatic rings. The molecule has 0 bridgehead atoms. The van der Waals surface area contributed by atoms with Crippen molar-refractivity contribution in [2.75, 3.05) is 0 Å². The number of rotatable bonds is 9. The lowest BCUT2D eigenvalue weighted by molar-refractivity contribution is 0.161. The lowest BCUT2D eigenvalue weighted by Gasteiger charge is -2.36. The van der Waals surface area contributed by atoms with Crippen LogP contribution >= 0.6 is 0 Å². The lowest BCUT2D eigenvalue weighted by Crippen LogP contribution is -2.23. The highest BCUT2D eigenvalue weighted by Gasteiger charge is 2.27. The van der Waals surface area contributed by atoms with Gasteiger partial charge in [0.05, 0.1) is 0 Å². The Morgan fingerprint density at radius 2 is 1.41 bits per heavy atom. The third-order valence-electron chi connectivity index (χ3n) is 4.73. The molecule has 0 spiro atoms. The first kappa shape index (κ1) is 15.1. The van der Waals surface area contributed by atoms with Gasteiger partial charge in [-0.1, -0.05) is 72.6 Å². The minimum absolute atomic E-state index is 0.904. The van der Waals surface area contributed by atoms with Crippen LogP contribution in [0.5, 0.6) is 0 Å². The van der Waals surface area contributed by atoms with Crippen LogP contribution in [0.4, 0.5) is 0 Å². The van der Waals surface area contributed by atoms with Crippen LogP contribution < -0.4 is 0 Å². The van der Waals surface area contributed by atoms with Gasteiger partial charge >= 0.3 is 0 Å². The highest BCUT2D eigenvalue weighted by molar-refractivity contribution is 4.79. The molecule has 0 aromatic rings. The Labute approximate surface area is 110 Å². The zero-order chi connectivity index (χ0) is 12.7. The minimum Gasteiger partial charge on any atom is -0.0651 e. The summed E-state index contributed by atoms with van der Waals surface area (Å²) in [5.41, 5.74) is 0. The number of hydrogen-bond donors (Lipinski definition) is 0. The van der Waals surface area contributed by atoms with Gasteiger partial charge in [0.1, 0.15) is 0 Å². The zero-order valence-electron chi connectivity index (χ0n) is 12.7. The monoisotopic (exact) mass is 238 g/mol. The predicted molar refractivity (Wildman–Crippen MR) is 78.2 cm³/mol. The molecule has 0 N–H and O–H groups in total. The normalized spacial score (nSPS) is 25.9. The summed E-state index contributed by atoms with van der Waals surface area (Å²) in [6.45, 7) is 9.41. The van der Waals surface area contributed by atoms with E-state index in [4.69, 9.17) is 0 Å². The largest absolute Gasteiger partial charge is 0.0651 e. The molecule has 0 nitrogen and oxygen atoms in total. The van der Waals surface area contributed by atoms with Gasteiger partial charge in [0.15, 0.2) is 0 Å². The van der Waals surface area contributed by atoms with E-state index in [1.54, 1.807) is 12.8 Å². The fourth-order valence-electron chi connectivity index (χ4n) is 3.12. The van der Waals surface area contributed by atoms with Crippen LogP contribution in [0.2, 0.25) is 0 Å². The second-order valence-electron chi connectivity index (χ2n) is 6.97. The zero-order valence-corrected chi connectivity index (χ0v) is 12.7. The van der Waals surface area contributed by atoms with E-state index in [-0.39, 0.29) is 0 Å². The van der Waals surface area contributed by atoms with Gasteiger partial charge in [-0.3, -0.25) is 0 Å². The number of hydrogen-bond acceptors (Lipinski definition) is 0. The summed E-state index contributed by atoms with van der Waals surface area (Å²) in [4.78, 5) is 0. The van der Waals surface area contributed by atoms with Gasteiger partial charge in [0, 0.05) is 0 Å². The second kappa shape index (κ2) is 8.16. The van der Waals surface area contributed by atoms with E-state index in [0.717, 1.165) is 23.7 Å². The van der Waals surface area contributed by atoms with Crippen molar-refractivity contribution in [3.63, 3.8) is 0 Å². The molecular weight excluding hydrogens is 204 g/mol. The quantitative estimate of drug-likeness (QED) is 0.458. The second-order valence-corrected chi connectivity index (χ2v) is 6.97. The topological polar surface area (TPSA) is 0 Å². The average Bonchev–Trinajstić information content (AvgIpc) is 2.23. The van der Waals surface area contributed by atoms with Crippen LogP contribution in [0.25, 0.3) is 0 Å². The molecular formula is C17H34. The molecule has 1 aliphatic carbocycles. The summed E-state index contributed by atoms with van der Waals surface area (Å²) in [6.07, 6.45) is 13.4. The lowest BCUT2D eigenvalue weighted by atomic mass is 9.70. The van der Waals surface area contributed by atoms with Crippen molar-refractivity contribution in [3.8, 4) is 0 Å². The average molecular weight is 238 g/mol. The van der Waals surface area contributed by atoms with Crippen molar-refractivity contribution in [1.29, 1.82) is 0 Å². The highest BCUT2D eigenvalue weighted by Crippen LogP contribution is 2.40. The summed E-state index contributed by atoms with van der Waals surface area (Å²) < 4.78 is 0. The molecule has 0 aromatic carbocycles. The van der Waals surface area contributed by atoms with Gasteiger partial charge in [0.2, 0.25) is 0 Å². The third-order valence-corrected chi connectivity index (χ3v) is 4.73. The molecule has 0 radical (unpaired) electrons. The molecule has 0 aromatic heterocycles. The Kier molecular flexibility index (Phi) is 7.23. The van der Waals surface area contributed by atoms with E-state index < -0.39 is 0 Å². The van der Waals surface area contributed by atoms with Crippen molar-refractivity contribution < 1.29 is 0 Å². The van der Waals surface area contributed by atoms with Crippen LogP contribution in [0.1, 0.15) is 85.5 Å². The van der Waals surface area contributed by atoms with Gasteiger partial charge in [-0.05, 0) is 36.5 Å². The summed E-state index contributed by atoms with van der Waals surface area (Å²) in [5.74, 6) is 4.06. The predicted octanol–water partition coefficient (Wildman–Crippen LogP) is 6.06. The molecule has 1 unspecified atom stereocenters. The van der Waals surface area contributed by atoms with Crippen molar-refractivity contribution in [2.45, 2.75) is 85.5 Å². The molecule has 1 saturated carbocycles. The van der Waals surface area contributed by atoms with Crippen molar-refractivity contribution in [3.05, 3.63) is 0 Å². The summed E-state index contributed by atoms with van der Waals surface area (Å²) in [6, 6.07) is 0. The Hall–Kier alpha value is 0. The summed E-state index contributed by atoms with van der Waals surface area (Å²) in [5, 5.41) is 0. The highest BCUT2D eigenvalue weighted by atomic mass is 14.3. The van der Waals surface area contributed by atoms with Gasteiger partial charge in [-0.25, -0.2) is 0 Å². The molecule has 1 fully saturated rings. The molecule has 0 heteroatoms. The molecule has 0 aliphatic heterocycles. The van der Waals surface area contributed by atoms with Crippen molar-refractivity contribution in [1.82, 2.24) is 0 Å². The van der Waals surface area contributed by atoms with E-state index in [0.29, 0.717) is 0 Å². The fraction of sp³-hybridized carbons (Fsp3) is 1.00. The van der Waals surface area contributed by atoms with Crippen LogP contribution in [-0.4, -0.2) is 0 Å². The van der Waals surface area contributed by atoms with E-state index >= 15 is 0 Å². The van der Waals surface area contributed by atoms with Crippen molar-refractivity contribution >= 4 is 0 Å². The van der Waals surface area contributed by atoms with Crippen molar-refractivity contribution in [2.24, 2.45) is 23.7 Å². The Morgan fingerprint density at radius 3 is 1.88 bits per heavy atom. The SMILES string of the molecule is CCC(C)CCCC1CC(CCCC(C)C)C1. The van der Waals surface area contributed by atoms with E-state index in [1.165, 1.54) is 44.9 Å². The first-order valence-electron chi connectivity index (χ1n) is 8.11. The van der Waals surface area contributed by atoms with Gasteiger partial charge < -0.3 is 0 Å². The molecule has 17 heavy (non-hydrogen) atoms. The van der Waals surface area contributed by atoms with Gasteiger partial charge in [-0.2, -0.15) is 0 Å². The molecule has 1 atom stereocenters. The smallest absolute Gasteiger partial charge is 0.0409 e. The first-order valence-corrected chi connectivity index (χ1v) is 8.11. The molecule has 1 rings (SSSR count). The molecule has 0 heterocycles. The standard InChI is InChI=1S/C17H34/c1-5-15(4)9-7-11-17-12-16(13-17)10-6-8-14(2)3/h14-17H,5-13H2,1-4H3. The van der Waals surface area contributed by atoms with E-state index in [2.05, 4.69) is 27.7 Å². The maximum Gasteiger partial charge on any atom is -0.0409 e. The van der Waals surface area contributed by atoms with Gasteiger partial charge in [-0.15, -0.1) is 0 Å². The Bertz CT molecular complexity index is 176. The Balaban J connectivity index is 1.89. The summed E-state index contributed by atoms with van der Waals surface area (Å²) >= 11 is 0. The van der Waals surface area contributed by atoms with Crippen LogP contribution in [0, 0.1) is 23.7 Å². The molecule has 102 valence electrons. The van der Waals surface area contributed by atoms with Crippen LogP contribution in [-0.2, 0) is 0 Å². The molecule has 0 saturated heterocycles. The Morgan fingerprint density at radius 1 is 0.882 bits per heavy atom. The summed E-state index contributed by atoms with van der Waals surface area (Å²) in [7, 11) is 0. The fourth-order valence-corrected chi connectivity index (χ4v) is 3.12. The third kappa shape index (κ3) is 6.48. The minimum atomic E-state index is 0.904. The first-order chi connectivity index (χ1) is 8.11. The van der Waals surface area contributed by atoms with Gasteiger partial charge in [0.25, 0.3) is 0 Å². The maximum absolute atomic E-state index is 2.40. The van der Waals surface area contributed by atoms with Crippen LogP contribution in [0.3, 0.4) is 0 Å². The van der Waals surface area contributed by atoms with Crippen LogP contribution in [0.15, 0.2) is 0 Å². The van der Waals surface area contributed by atoms with E-state index in [9.17, 15) is 0 Å².